The third kappa shape index (κ3) is 3.60. The number of hydrogen-bond donors (Lipinski definition) is 1. The van der Waals surface area contributed by atoms with Crippen LogP contribution in [0.4, 0.5) is 5.69 Å². The number of hydrogen-bond acceptors (Lipinski definition) is 1. The van der Waals surface area contributed by atoms with E-state index in [2.05, 4.69) is 24.4 Å². The van der Waals surface area contributed by atoms with Gasteiger partial charge in [0.25, 0.3) is 0 Å². The Morgan fingerprint density at radius 2 is 2.00 bits per heavy atom. The quantitative estimate of drug-likeness (QED) is 0.781. The highest BCUT2D eigenvalue weighted by Crippen LogP contribution is 2.11. The number of amides is 1. The molecule has 78 valence electrons. The number of rotatable bonds is 4. The molecule has 0 saturated heterocycles. The van der Waals surface area contributed by atoms with Crippen LogP contribution in [0.2, 0.25) is 0 Å². The second-order valence-electron chi connectivity index (χ2n) is 3.48. The van der Waals surface area contributed by atoms with Crippen LogP contribution in [0.3, 0.4) is 0 Å². The fourth-order valence-electron chi connectivity index (χ4n) is 1.34. The van der Waals surface area contributed by atoms with E-state index in [1.807, 2.05) is 12.1 Å². The van der Waals surface area contributed by atoms with Gasteiger partial charge in [0.05, 0.1) is 0 Å². The summed E-state index contributed by atoms with van der Waals surface area (Å²) >= 11 is 0. The average molecular weight is 193 g/mol. The maximum Gasteiger partial charge on any atom is 0.221 e. The molecule has 2 heteroatoms. The highest BCUT2D eigenvalue weighted by atomic mass is 16.1. The lowest BCUT2D eigenvalue weighted by Gasteiger charge is -2.03. The lowest BCUT2D eigenvalue weighted by Crippen LogP contribution is -2.05. The Morgan fingerprint density at radius 1 is 1.36 bits per heavy atom. The van der Waals surface area contributed by atoms with E-state index >= 15 is 0 Å². The molecule has 2 nitrogen and oxygen atoms in total. The van der Waals surface area contributed by atoms with Gasteiger partial charge in [-0.25, -0.2) is 0 Å². The molecule has 0 aliphatic heterocycles. The molecule has 0 aromatic heterocycles. The first-order chi connectivity index (χ1) is 6.72. The number of carbonyl (C=O) groups is 1. The minimum absolute atomic E-state index is 0. The van der Waals surface area contributed by atoms with Crippen molar-refractivity contribution in [3.05, 3.63) is 29.8 Å². The van der Waals surface area contributed by atoms with Crippen molar-refractivity contribution in [1.29, 1.82) is 0 Å². The van der Waals surface area contributed by atoms with E-state index in [1.165, 1.54) is 25.3 Å². The minimum atomic E-state index is -0.0219. The summed E-state index contributed by atoms with van der Waals surface area (Å²) in [5.41, 5.74) is 2.21. The van der Waals surface area contributed by atoms with E-state index in [4.69, 9.17) is 0 Å². The summed E-state index contributed by atoms with van der Waals surface area (Å²) < 4.78 is 0. The van der Waals surface area contributed by atoms with Crippen molar-refractivity contribution in [3.63, 3.8) is 0 Å². The molecule has 0 unspecified atom stereocenters. The predicted octanol–water partition coefficient (Wildman–Crippen LogP) is 3.23. The molecule has 0 aliphatic rings. The van der Waals surface area contributed by atoms with Crippen LogP contribution in [-0.2, 0) is 11.2 Å². The van der Waals surface area contributed by atoms with Crippen molar-refractivity contribution >= 4 is 11.6 Å². The summed E-state index contributed by atoms with van der Waals surface area (Å²) in [6, 6.07) is 8.04. The van der Waals surface area contributed by atoms with Crippen LogP contribution in [-0.4, -0.2) is 5.91 Å². The summed E-state index contributed by atoms with van der Waals surface area (Å²) in [4.78, 5) is 10.8. The molecule has 1 aromatic carbocycles. The van der Waals surface area contributed by atoms with Gasteiger partial charge in [-0.2, -0.15) is 0 Å². The SMILES string of the molecule is CCCCc1ccc(NC(C)=O)cc1.[HH]. The van der Waals surface area contributed by atoms with E-state index in [0.29, 0.717) is 0 Å². The van der Waals surface area contributed by atoms with Gasteiger partial charge in [0, 0.05) is 14.0 Å². The summed E-state index contributed by atoms with van der Waals surface area (Å²) in [5, 5.41) is 2.75. The Bertz CT molecular complexity index is 295. The van der Waals surface area contributed by atoms with E-state index in [9.17, 15) is 4.79 Å². The maximum absolute atomic E-state index is 10.8. The molecular formula is C12H19NO. The average Bonchev–Trinajstić information content (AvgIpc) is 2.16. The molecule has 0 atom stereocenters. The fourth-order valence-corrected chi connectivity index (χ4v) is 1.34. The number of aryl methyl sites for hydroxylation is 1. The van der Waals surface area contributed by atoms with E-state index in [1.54, 1.807) is 0 Å². The van der Waals surface area contributed by atoms with Gasteiger partial charge in [0.1, 0.15) is 0 Å². The molecule has 0 fully saturated rings. The van der Waals surface area contributed by atoms with Crippen LogP contribution in [0.5, 0.6) is 0 Å². The molecule has 1 amide bonds. The summed E-state index contributed by atoms with van der Waals surface area (Å²) in [7, 11) is 0. The van der Waals surface area contributed by atoms with Gasteiger partial charge in [-0.1, -0.05) is 25.5 Å². The van der Waals surface area contributed by atoms with E-state index in [-0.39, 0.29) is 7.33 Å². The van der Waals surface area contributed by atoms with Crippen molar-refractivity contribution in [1.82, 2.24) is 0 Å². The van der Waals surface area contributed by atoms with Crippen molar-refractivity contribution in [2.45, 2.75) is 33.1 Å². The van der Waals surface area contributed by atoms with Crippen molar-refractivity contribution in [3.8, 4) is 0 Å². The second-order valence-corrected chi connectivity index (χ2v) is 3.48. The lowest BCUT2D eigenvalue weighted by atomic mass is 10.1. The van der Waals surface area contributed by atoms with Gasteiger partial charge in [0.15, 0.2) is 0 Å². The smallest absolute Gasteiger partial charge is 0.221 e. The van der Waals surface area contributed by atoms with Crippen molar-refractivity contribution < 1.29 is 6.22 Å². The molecule has 0 saturated carbocycles. The molecule has 0 heterocycles. The number of unbranched alkanes of at least 4 members (excludes halogenated alkanes) is 1. The summed E-state index contributed by atoms with van der Waals surface area (Å²) in [6.45, 7) is 3.71. The monoisotopic (exact) mass is 193 g/mol. The fraction of sp³-hybridized carbons (Fsp3) is 0.417. The normalized spacial score (nSPS) is 9.86. The van der Waals surface area contributed by atoms with Gasteiger partial charge in [-0.3, -0.25) is 4.79 Å². The Kier molecular flexibility index (Phi) is 4.17. The Hall–Kier alpha value is -1.31. The predicted molar refractivity (Wildman–Crippen MR) is 61.5 cm³/mol. The molecule has 0 spiro atoms. The molecule has 0 radical (unpaired) electrons. The van der Waals surface area contributed by atoms with Crippen LogP contribution in [0.25, 0.3) is 0 Å². The molecule has 0 aliphatic carbocycles. The largest absolute Gasteiger partial charge is 0.326 e. The first-order valence-electron chi connectivity index (χ1n) is 5.09. The van der Waals surface area contributed by atoms with Crippen LogP contribution in [0.15, 0.2) is 24.3 Å². The lowest BCUT2D eigenvalue weighted by molar-refractivity contribution is -0.114. The second kappa shape index (κ2) is 5.43. The maximum atomic E-state index is 10.8. The van der Waals surface area contributed by atoms with Gasteiger partial charge in [-0.05, 0) is 30.5 Å². The molecule has 1 aromatic rings. The highest BCUT2D eigenvalue weighted by molar-refractivity contribution is 5.88. The summed E-state index contributed by atoms with van der Waals surface area (Å²) in [6.07, 6.45) is 3.56. The molecule has 1 rings (SSSR count). The Morgan fingerprint density at radius 3 is 2.50 bits per heavy atom. The zero-order valence-corrected chi connectivity index (χ0v) is 8.84. The molecule has 1 N–H and O–H groups in total. The number of nitrogens with one attached hydrogen (secondary N) is 1. The van der Waals surface area contributed by atoms with Gasteiger partial charge >= 0.3 is 0 Å². The van der Waals surface area contributed by atoms with E-state index < -0.39 is 0 Å². The highest BCUT2D eigenvalue weighted by Gasteiger charge is 1.95. The number of anilines is 1. The van der Waals surface area contributed by atoms with E-state index in [0.717, 1.165) is 12.1 Å². The summed E-state index contributed by atoms with van der Waals surface area (Å²) in [5.74, 6) is -0.0219. The first kappa shape index (κ1) is 10.8. The third-order valence-corrected chi connectivity index (χ3v) is 2.09. The minimum Gasteiger partial charge on any atom is -0.326 e. The topological polar surface area (TPSA) is 29.1 Å². The Labute approximate surface area is 86.8 Å². The third-order valence-electron chi connectivity index (χ3n) is 2.09. The zero-order valence-electron chi connectivity index (χ0n) is 8.84. The van der Waals surface area contributed by atoms with Crippen LogP contribution < -0.4 is 5.32 Å². The first-order valence-corrected chi connectivity index (χ1v) is 5.09. The van der Waals surface area contributed by atoms with Crippen LogP contribution in [0, 0.1) is 0 Å². The van der Waals surface area contributed by atoms with Gasteiger partial charge < -0.3 is 5.32 Å². The molecule has 0 bridgehead atoms. The zero-order chi connectivity index (χ0) is 10.4. The van der Waals surface area contributed by atoms with Crippen LogP contribution >= 0.6 is 0 Å². The number of carbonyl (C=O) groups excluding carboxylic acids is 1. The Balaban J connectivity index is 0.00000196. The standard InChI is InChI=1S/C12H17NO.H2/c1-3-4-5-11-6-8-12(9-7-11)13-10(2)14;/h6-9H,3-5H2,1-2H3,(H,13,14);1H. The van der Waals surface area contributed by atoms with Gasteiger partial charge in [-0.15, -0.1) is 0 Å². The van der Waals surface area contributed by atoms with Crippen molar-refractivity contribution in [2.24, 2.45) is 0 Å². The van der Waals surface area contributed by atoms with Crippen molar-refractivity contribution in [2.75, 3.05) is 5.32 Å². The number of benzene rings is 1. The van der Waals surface area contributed by atoms with Crippen LogP contribution in [0.1, 0.15) is 33.7 Å². The molecule has 14 heavy (non-hydrogen) atoms. The molecular weight excluding hydrogens is 174 g/mol. The van der Waals surface area contributed by atoms with Gasteiger partial charge in [0.2, 0.25) is 5.91 Å².